The van der Waals surface area contributed by atoms with Gasteiger partial charge in [0.15, 0.2) is 5.65 Å². The van der Waals surface area contributed by atoms with E-state index in [0.29, 0.717) is 6.04 Å². The maximum Gasteiger partial charge on any atom is 0.376 e. The lowest BCUT2D eigenvalue weighted by Crippen LogP contribution is -2.11. The second kappa shape index (κ2) is 4.36. The smallest absolute Gasteiger partial charge is 0.376 e. The molecule has 0 spiro atoms. The molecule has 0 N–H and O–H groups in total. The predicted molar refractivity (Wildman–Crippen MR) is 64.2 cm³/mol. The van der Waals surface area contributed by atoms with E-state index in [0.717, 1.165) is 23.9 Å². The van der Waals surface area contributed by atoms with Gasteiger partial charge in [0, 0.05) is 6.20 Å². The van der Waals surface area contributed by atoms with Crippen LogP contribution >= 0.6 is 0 Å². The maximum absolute atomic E-state index is 11.4. The van der Waals surface area contributed by atoms with Gasteiger partial charge in [-0.2, -0.15) is 5.10 Å². The number of fused-ring (bicyclic) bond motifs is 1. The first-order valence-electron chi connectivity index (χ1n) is 6.08. The van der Waals surface area contributed by atoms with E-state index in [-0.39, 0.29) is 5.82 Å². The number of esters is 1. The molecule has 18 heavy (non-hydrogen) atoms. The van der Waals surface area contributed by atoms with Crippen LogP contribution in [0.2, 0.25) is 0 Å². The van der Waals surface area contributed by atoms with Gasteiger partial charge in [0.1, 0.15) is 0 Å². The summed E-state index contributed by atoms with van der Waals surface area (Å²) in [7, 11) is 1.32. The van der Waals surface area contributed by atoms with E-state index >= 15 is 0 Å². The highest BCUT2D eigenvalue weighted by molar-refractivity contribution is 5.87. The molecule has 6 heteroatoms. The number of rotatable bonds is 2. The zero-order valence-electron chi connectivity index (χ0n) is 10.2. The topological polar surface area (TPSA) is 69.9 Å². The van der Waals surface area contributed by atoms with Gasteiger partial charge in [-0.25, -0.2) is 19.4 Å². The molecule has 0 bridgehead atoms. The number of carbonyl (C=O) groups excluding carboxylic acids is 1. The molecule has 0 aliphatic heterocycles. The van der Waals surface area contributed by atoms with Crippen molar-refractivity contribution in [3.63, 3.8) is 0 Å². The minimum absolute atomic E-state index is 0.0877. The van der Waals surface area contributed by atoms with E-state index in [2.05, 4.69) is 19.8 Å². The Balaban J connectivity index is 2.07. The van der Waals surface area contributed by atoms with Crippen LogP contribution in [0.5, 0.6) is 0 Å². The Bertz CT molecular complexity index is 587. The van der Waals surface area contributed by atoms with Gasteiger partial charge in [-0.3, -0.25) is 0 Å². The largest absolute Gasteiger partial charge is 0.463 e. The Labute approximate surface area is 104 Å². The van der Waals surface area contributed by atoms with Gasteiger partial charge in [0.05, 0.1) is 24.7 Å². The monoisotopic (exact) mass is 246 g/mol. The van der Waals surface area contributed by atoms with Crippen molar-refractivity contribution in [3.8, 4) is 0 Å². The molecule has 1 fully saturated rings. The Morgan fingerprint density at radius 3 is 2.89 bits per heavy atom. The number of nitrogens with zero attached hydrogens (tertiary/aromatic N) is 4. The highest BCUT2D eigenvalue weighted by Gasteiger charge is 2.21. The van der Waals surface area contributed by atoms with Crippen LogP contribution in [0.1, 0.15) is 42.3 Å². The summed E-state index contributed by atoms with van der Waals surface area (Å²) in [4.78, 5) is 19.7. The number of carbonyl (C=O) groups is 1. The lowest BCUT2D eigenvalue weighted by atomic mass is 10.2. The summed E-state index contributed by atoms with van der Waals surface area (Å²) in [5, 5.41) is 5.22. The second-order valence-electron chi connectivity index (χ2n) is 4.49. The molecule has 1 aliphatic carbocycles. The SMILES string of the molecule is COC(=O)c1ncc2cnn(C3CCCC3)c2n1. The zero-order chi connectivity index (χ0) is 12.5. The van der Waals surface area contributed by atoms with E-state index < -0.39 is 5.97 Å². The molecule has 2 aromatic rings. The molecule has 0 atom stereocenters. The molecule has 2 heterocycles. The maximum atomic E-state index is 11.4. The molecule has 0 unspecified atom stereocenters. The van der Waals surface area contributed by atoms with Crippen molar-refractivity contribution in [2.75, 3.05) is 7.11 Å². The number of ether oxygens (including phenoxy) is 1. The number of aromatic nitrogens is 4. The Morgan fingerprint density at radius 2 is 2.17 bits per heavy atom. The van der Waals surface area contributed by atoms with Crippen molar-refractivity contribution >= 4 is 17.0 Å². The van der Waals surface area contributed by atoms with Crippen LogP contribution in [-0.4, -0.2) is 32.8 Å². The zero-order valence-corrected chi connectivity index (χ0v) is 10.2. The lowest BCUT2D eigenvalue weighted by molar-refractivity contribution is 0.0587. The average molecular weight is 246 g/mol. The van der Waals surface area contributed by atoms with Crippen molar-refractivity contribution in [2.45, 2.75) is 31.7 Å². The molecular formula is C12H14N4O2. The van der Waals surface area contributed by atoms with Gasteiger partial charge in [-0.1, -0.05) is 12.8 Å². The first-order valence-corrected chi connectivity index (χ1v) is 6.08. The fraction of sp³-hybridized carbons (Fsp3) is 0.500. The first kappa shape index (κ1) is 11.1. The molecule has 3 rings (SSSR count). The van der Waals surface area contributed by atoms with Crippen LogP contribution in [0, 0.1) is 0 Å². The molecule has 2 aromatic heterocycles. The third kappa shape index (κ3) is 1.73. The molecule has 1 aliphatic rings. The third-order valence-electron chi connectivity index (χ3n) is 3.37. The van der Waals surface area contributed by atoms with Crippen LogP contribution in [0.25, 0.3) is 11.0 Å². The van der Waals surface area contributed by atoms with E-state index in [1.165, 1.54) is 20.0 Å². The van der Waals surface area contributed by atoms with Gasteiger partial charge in [0.25, 0.3) is 0 Å². The molecule has 6 nitrogen and oxygen atoms in total. The molecule has 0 aromatic carbocycles. The first-order chi connectivity index (χ1) is 8.79. The summed E-state index contributed by atoms with van der Waals surface area (Å²) in [5.74, 6) is -0.430. The van der Waals surface area contributed by atoms with Crippen LogP contribution in [0.15, 0.2) is 12.4 Å². The molecular weight excluding hydrogens is 232 g/mol. The van der Waals surface area contributed by atoms with Crippen molar-refractivity contribution in [2.24, 2.45) is 0 Å². The summed E-state index contributed by atoms with van der Waals surface area (Å²) >= 11 is 0. The van der Waals surface area contributed by atoms with E-state index in [4.69, 9.17) is 0 Å². The Morgan fingerprint density at radius 1 is 1.39 bits per heavy atom. The summed E-state index contributed by atoms with van der Waals surface area (Å²) in [6.07, 6.45) is 8.05. The third-order valence-corrected chi connectivity index (χ3v) is 3.37. The van der Waals surface area contributed by atoms with Crippen LogP contribution in [-0.2, 0) is 4.74 Å². The number of hydrogen-bond acceptors (Lipinski definition) is 5. The average Bonchev–Trinajstić information content (AvgIpc) is 3.05. The summed E-state index contributed by atoms with van der Waals surface area (Å²) in [6, 6.07) is 0.392. The predicted octanol–water partition coefficient (Wildman–Crippen LogP) is 1.73. The minimum atomic E-state index is -0.518. The fourth-order valence-corrected chi connectivity index (χ4v) is 2.44. The summed E-state index contributed by atoms with van der Waals surface area (Å²) in [6.45, 7) is 0. The van der Waals surface area contributed by atoms with Gasteiger partial charge in [-0.05, 0) is 12.8 Å². The van der Waals surface area contributed by atoms with Crippen molar-refractivity contribution in [1.82, 2.24) is 19.7 Å². The Kier molecular flexibility index (Phi) is 2.70. The standard InChI is InChI=1S/C12H14N4O2/c1-18-12(17)10-13-6-8-7-14-16(11(8)15-10)9-4-2-3-5-9/h6-7,9H,2-5H2,1H3. The molecule has 0 amide bonds. The highest BCUT2D eigenvalue weighted by Crippen LogP contribution is 2.30. The Hall–Kier alpha value is -1.98. The normalized spacial score (nSPS) is 16.3. The molecule has 94 valence electrons. The van der Waals surface area contributed by atoms with Crippen LogP contribution < -0.4 is 0 Å². The highest BCUT2D eigenvalue weighted by atomic mass is 16.5. The van der Waals surface area contributed by atoms with Crippen LogP contribution in [0.4, 0.5) is 0 Å². The second-order valence-corrected chi connectivity index (χ2v) is 4.49. The molecule has 1 saturated carbocycles. The van der Waals surface area contributed by atoms with Gasteiger partial charge in [-0.15, -0.1) is 0 Å². The molecule has 0 radical (unpaired) electrons. The van der Waals surface area contributed by atoms with E-state index in [1.54, 1.807) is 12.4 Å². The van der Waals surface area contributed by atoms with E-state index in [1.807, 2.05) is 4.68 Å². The van der Waals surface area contributed by atoms with Gasteiger partial charge < -0.3 is 4.74 Å². The quantitative estimate of drug-likeness (QED) is 0.755. The summed E-state index contributed by atoms with van der Waals surface area (Å²) < 4.78 is 6.55. The van der Waals surface area contributed by atoms with Crippen LogP contribution in [0.3, 0.4) is 0 Å². The van der Waals surface area contributed by atoms with Gasteiger partial charge in [0.2, 0.25) is 5.82 Å². The number of hydrogen-bond donors (Lipinski definition) is 0. The number of methoxy groups -OCH3 is 1. The lowest BCUT2D eigenvalue weighted by Gasteiger charge is -2.10. The van der Waals surface area contributed by atoms with Crippen molar-refractivity contribution in [3.05, 3.63) is 18.2 Å². The van der Waals surface area contributed by atoms with E-state index in [9.17, 15) is 4.79 Å². The molecule has 0 saturated heterocycles. The summed E-state index contributed by atoms with van der Waals surface area (Å²) in [5.41, 5.74) is 0.720. The minimum Gasteiger partial charge on any atom is -0.463 e. The van der Waals surface area contributed by atoms with Crippen molar-refractivity contribution in [1.29, 1.82) is 0 Å². The fourth-order valence-electron chi connectivity index (χ4n) is 2.44. The van der Waals surface area contributed by atoms with Crippen molar-refractivity contribution < 1.29 is 9.53 Å². The van der Waals surface area contributed by atoms with Gasteiger partial charge >= 0.3 is 5.97 Å².